The molecule has 0 radical (unpaired) electrons. The minimum absolute atomic E-state index is 0.0182. The Morgan fingerprint density at radius 2 is 2.09 bits per heavy atom. The molecule has 2 aromatic carbocycles. The van der Waals surface area contributed by atoms with Crippen molar-refractivity contribution in [3.05, 3.63) is 53.2 Å². The van der Waals surface area contributed by atoms with Gasteiger partial charge in [0.1, 0.15) is 0 Å². The van der Waals surface area contributed by atoms with Gasteiger partial charge in [0.05, 0.1) is 13.2 Å². The summed E-state index contributed by atoms with van der Waals surface area (Å²) >= 11 is 0. The lowest BCUT2D eigenvalue weighted by Gasteiger charge is -2.36. The van der Waals surface area contributed by atoms with Gasteiger partial charge in [-0.1, -0.05) is 18.2 Å². The Morgan fingerprint density at radius 3 is 2.94 bits per heavy atom. The van der Waals surface area contributed by atoms with Crippen LogP contribution in [0.3, 0.4) is 0 Å². The summed E-state index contributed by atoms with van der Waals surface area (Å²) in [7, 11) is 5.78. The van der Waals surface area contributed by atoms with Gasteiger partial charge in [-0.2, -0.15) is 0 Å². The molecule has 1 atom stereocenters. The summed E-state index contributed by atoms with van der Waals surface area (Å²) < 4.78 is 19.1. The van der Waals surface area contributed by atoms with Gasteiger partial charge in [0.15, 0.2) is 11.5 Å². The normalized spacial score (nSPS) is 17.4. The van der Waals surface area contributed by atoms with Crippen LogP contribution in [-0.2, 0) is 24.7 Å². The molecule has 3 heterocycles. The maximum absolute atomic E-state index is 12.7. The van der Waals surface area contributed by atoms with Crippen LogP contribution < -0.4 is 19.5 Å². The first-order valence-corrected chi connectivity index (χ1v) is 11.1. The molecule has 168 valence electrons. The Kier molecular flexibility index (Phi) is 5.43. The molecule has 1 unspecified atom stereocenters. The molecule has 0 aliphatic carbocycles. The predicted octanol–water partition coefficient (Wildman–Crippen LogP) is 3.19. The van der Waals surface area contributed by atoms with E-state index in [-0.39, 0.29) is 18.7 Å². The second-order valence-electron chi connectivity index (χ2n) is 8.55. The summed E-state index contributed by atoms with van der Waals surface area (Å²) in [6.45, 7) is 1.64. The number of aryl methyl sites for hydroxylation is 2. The van der Waals surface area contributed by atoms with Crippen molar-refractivity contribution >= 4 is 16.8 Å². The fourth-order valence-corrected chi connectivity index (χ4v) is 4.95. The second kappa shape index (κ2) is 8.39. The van der Waals surface area contributed by atoms with Gasteiger partial charge in [-0.15, -0.1) is 0 Å². The van der Waals surface area contributed by atoms with Gasteiger partial charge in [0.25, 0.3) is 0 Å². The van der Waals surface area contributed by atoms with Crippen molar-refractivity contribution in [2.45, 2.75) is 25.3 Å². The van der Waals surface area contributed by atoms with Gasteiger partial charge >= 0.3 is 0 Å². The Morgan fingerprint density at radius 1 is 1.25 bits per heavy atom. The van der Waals surface area contributed by atoms with Crippen molar-refractivity contribution in [2.75, 3.05) is 34.0 Å². The van der Waals surface area contributed by atoms with E-state index in [2.05, 4.69) is 46.2 Å². The third kappa shape index (κ3) is 3.56. The second-order valence-corrected chi connectivity index (χ2v) is 8.55. The number of benzene rings is 2. The molecule has 7 heteroatoms. The standard InChI is InChI=1S/C25H29N3O4/c1-27-11-10-16-12-21-24(32-15-31-21)25(30-3)23(16)20(27)13-26-22(29)9-8-17-14-28(2)19-7-5-4-6-18(17)19/h4-7,12,14,20H,8-11,13,15H2,1-3H3,(H,26,29). The number of hydrogen-bond donors (Lipinski definition) is 1. The number of nitrogens with zero attached hydrogens (tertiary/aromatic N) is 2. The van der Waals surface area contributed by atoms with Gasteiger partial charge in [0.2, 0.25) is 18.4 Å². The zero-order valence-electron chi connectivity index (χ0n) is 18.8. The first kappa shape index (κ1) is 20.7. The molecule has 0 spiro atoms. The molecule has 2 aliphatic rings. The molecular formula is C25H29N3O4. The Hall–Kier alpha value is -3.19. The molecule has 7 nitrogen and oxygen atoms in total. The van der Waals surface area contributed by atoms with E-state index in [1.807, 2.05) is 19.2 Å². The number of carbonyl (C=O) groups is 1. The number of nitrogens with one attached hydrogen (secondary N) is 1. The van der Waals surface area contributed by atoms with Crippen LogP contribution in [0.5, 0.6) is 17.2 Å². The summed E-state index contributed by atoms with van der Waals surface area (Å²) in [5.41, 5.74) is 4.67. The number of amides is 1. The van der Waals surface area contributed by atoms with Crippen LogP contribution in [0.4, 0.5) is 0 Å². The van der Waals surface area contributed by atoms with Crippen LogP contribution >= 0.6 is 0 Å². The molecule has 2 aliphatic heterocycles. The zero-order chi connectivity index (χ0) is 22.2. The van der Waals surface area contributed by atoms with Gasteiger partial charge in [-0.3, -0.25) is 9.69 Å². The number of carbonyl (C=O) groups excluding carboxylic acids is 1. The molecule has 32 heavy (non-hydrogen) atoms. The number of hydrogen-bond acceptors (Lipinski definition) is 5. The van der Waals surface area contributed by atoms with Crippen molar-refractivity contribution in [1.29, 1.82) is 0 Å². The minimum atomic E-state index is 0.0182. The molecule has 3 aromatic rings. The topological polar surface area (TPSA) is 65.0 Å². The summed E-state index contributed by atoms with van der Waals surface area (Å²) in [4.78, 5) is 15.0. The fraction of sp³-hybridized carbons (Fsp3) is 0.400. The monoisotopic (exact) mass is 435 g/mol. The summed E-state index contributed by atoms with van der Waals surface area (Å²) in [6, 6.07) is 10.4. The van der Waals surface area contributed by atoms with E-state index in [4.69, 9.17) is 14.2 Å². The Bertz CT molecular complexity index is 1170. The highest BCUT2D eigenvalue weighted by Crippen LogP contribution is 2.49. The molecule has 1 N–H and O–H groups in total. The van der Waals surface area contributed by atoms with Crippen LogP contribution in [0.25, 0.3) is 10.9 Å². The van der Waals surface area contributed by atoms with E-state index in [0.717, 1.165) is 30.0 Å². The number of likely N-dealkylation sites (N-methyl/N-ethyl adjacent to an activating group) is 1. The average Bonchev–Trinajstić information content (AvgIpc) is 3.40. The largest absolute Gasteiger partial charge is 0.492 e. The minimum Gasteiger partial charge on any atom is -0.492 e. The highest BCUT2D eigenvalue weighted by molar-refractivity contribution is 5.85. The number of fused-ring (bicyclic) bond motifs is 3. The lowest BCUT2D eigenvalue weighted by atomic mass is 9.91. The van der Waals surface area contributed by atoms with E-state index in [1.54, 1.807) is 7.11 Å². The highest BCUT2D eigenvalue weighted by atomic mass is 16.7. The number of ether oxygens (including phenoxy) is 3. The van der Waals surface area contributed by atoms with Crippen molar-refractivity contribution < 1.29 is 19.0 Å². The zero-order valence-corrected chi connectivity index (χ0v) is 18.8. The van der Waals surface area contributed by atoms with E-state index in [1.165, 1.54) is 22.0 Å². The molecule has 0 saturated heterocycles. The lowest BCUT2D eigenvalue weighted by molar-refractivity contribution is -0.121. The van der Waals surface area contributed by atoms with Crippen LogP contribution in [0, 0.1) is 0 Å². The van der Waals surface area contributed by atoms with Crippen molar-refractivity contribution in [3.8, 4) is 17.2 Å². The van der Waals surface area contributed by atoms with Crippen molar-refractivity contribution in [2.24, 2.45) is 7.05 Å². The SMILES string of the molecule is COc1c2c(cc3c1C(CNC(=O)CCc1cn(C)c4ccccc14)N(C)CC3)OCO2. The van der Waals surface area contributed by atoms with Gasteiger partial charge < -0.3 is 24.1 Å². The third-order valence-electron chi connectivity index (χ3n) is 6.64. The van der Waals surface area contributed by atoms with Crippen LogP contribution in [-0.4, -0.2) is 49.4 Å². The molecule has 0 saturated carbocycles. The fourth-order valence-electron chi connectivity index (χ4n) is 4.95. The molecule has 0 fully saturated rings. The first-order valence-electron chi connectivity index (χ1n) is 11.1. The first-order chi connectivity index (χ1) is 15.6. The molecule has 1 aromatic heterocycles. The number of rotatable bonds is 6. The molecular weight excluding hydrogens is 406 g/mol. The highest BCUT2D eigenvalue weighted by Gasteiger charge is 2.34. The summed E-state index contributed by atoms with van der Waals surface area (Å²) in [6.07, 6.45) is 4.20. The predicted molar refractivity (Wildman–Crippen MR) is 122 cm³/mol. The lowest BCUT2D eigenvalue weighted by Crippen LogP contribution is -2.40. The summed E-state index contributed by atoms with van der Waals surface area (Å²) in [5, 5.41) is 4.37. The number of methoxy groups -OCH3 is 1. The Labute approximate surface area is 187 Å². The maximum Gasteiger partial charge on any atom is 0.231 e. The van der Waals surface area contributed by atoms with Gasteiger partial charge in [-0.05, 0) is 43.1 Å². The van der Waals surface area contributed by atoms with Crippen molar-refractivity contribution in [3.63, 3.8) is 0 Å². The maximum atomic E-state index is 12.7. The molecule has 1 amide bonds. The van der Waals surface area contributed by atoms with Crippen LogP contribution in [0.1, 0.15) is 29.2 Å². The van der Waals surface area contributed by atoms with Crippen LogP contribution in [0.2, 0.25) is 0 Å². The van der Waals surface area contributed by atoms with Crippen molar-refractivity contribution in [1.82, 2.24) is 14.8 Å². The van der Waals surface area contributed by atoms with Gasteiger partial charge in [0, 0.05) is 49.2 Å². The smallest absolute Gasteiger partial charge is 0.231 e. The van der Waals surface area contributed by atoms with Gasteiger partial charge in [-0.25, -0.2) is 0 Å². The average molecular weight is 436 g/mol. The number of para-hydroxylation sites is 1. The van der Waals surface area contributed by atoms with E-state index in [0.29, 0.717) is 25.1 Å². The summed E-state index contributed by atoms with van der Waals surface area (Å²) in [5.74, 6) is 2.17. The van der Waals surface area contributed by atoms with E-state index < -0.39 is 0 Å². The molecule has 0 bridgehead atoms. The van der Waals surface area contributed by atoms with E-state index in [9.17, 15) is 4.79 Å². The quantitative estimate of drug-likeness (QED) is 0.644. The third-order valence-corrected chi connectivity index (χ3v) is 6.64. The molecule has 5 rings (SSSR count). The van der Waals surface area contributed by atoms with Crippen LogP contribution in [0.15, 0.2) is 36.5 Å². The Balaban J connectivity index is 1.29. The van der Waals surface area contributed by atoms with E-state index >= 15 is 0 Å². The number of aromatic nitrogens is 1.